The molecule has 2 heterocycles. The number of ether oxygens (including phenoxy) is 2. The Kier molecular flexibility index (Phi) is 6.41. The average molecular weight is 432 g/mol. The van der Waals surface area contributed by atoms with E-state index < -0.39 is 11.7 Å². The first-order valence-electron chi connectivity index (χ1n) is 9.48. The summed E-state index contributed by atoms with van der Waals surface area (Å²) in [7, 11) is 0. The van der Waals surface area contributed by atoms with Crippen molar-refractivity contribution in [2.75, 3.05) is 6.61 Å². The van der Waals surface area contributed by atoms with E-state index in [0.29, 0.717) is 17.0 Å². The molecule has 3 aromatic rings. The standard InChI is InChI=1S/C22H23ClFN3O3/c1-13(2)10-22(3,30-21(25)28)12-29-20-18(23)8-14(11-27-20)16-6-7-26-19-9-15(24)4-5-17(16)19/h4-9,11,13H,10,12H2,1-3H3,(H2,25,28). The van der Waals surface area contributed by atoms with Crippen LogP contribution in [0.1, 0.15) is 27.2 Å². The van der Waals surface area contributed by atoms with Gasteiger partial charge in [0.1, 0.15) is 23.0 Å². The van der Waals surface area contributed by atoms with Gasteiger partial charge in [0.2, 0.25) is 5.88 Å². The molecule has 0 aliphatic rings. The molecule has 158 valence electrons. The highest BCUT2D eigenvalue weighted by Crippen LogP contribution is 2.33. The van der Waals surface area contributed by atoms with E-state index in [2.05, 4.69) is 9.97 Å². The lowest BCUT2D eigenvalue weighted by Crippen LogP contribution is -2.41. The summed E-state index contributed by atoms with van der Waals surface area (Å²) in [5, 5.41) is 1.08. The van der Waals surface area contributed by atoms with Crippen LogP contribution in [0.2, 0.25) is 5.02 Å². The van der Waals surface area contributed by atoms with E-state index in [9.17, 15) is 9.18 Å². The van der Waals surface area contributed by atoms with Crippen molar-refractivity contribution in [1.29, 1.82) is 0 Å². The summed E-state index contributed by atoms with van der Waals surface area (Å²) in [5.41, 5.74) is 6.40. The molecule has 0 saturated carbocycles. The van der Waals surface area contributed by atoms with Crippen LogP contribution in [0.5, 0.6) is 5.88 Å². The third-order valence-electron chi connectivity index (χ3n) is 4.52. The van der Waals surface area contributed by atoms with E-state index in [1.54, 1.807) is 31.5 Å². The van der Waals surface area contributed by atoms with Gasteiger partial charge in [-0.2, -0.15) is 0 Å². The first-order chi connectivity index (χ1) is 14.2. The zero-order valence-electron chi connectivity index (χ0n) is 17.0. The molecule has 1 aromatic carbocycles. The van der Waals surface area contributed by atoms with Crippen molar-refractivity contribution >= 4 is 28.6 Å². The quantitative estimate of drug-likeness (QED) is 0.543. The number of nitrogens with zero attached hydrogens (tertiary/aromatic N) is 2. The van der Waals surface area contributed by atoms with Crippen molar-refractivity contribution < 1.29 is 18.7 Å². The van der Waals surface area contributed by atoms with Gasteiger partial charge in [0.05, 0.1) is 5.52 Å². The Morgan fingerprint density at radius 3 is 2.70 bits per heavy atom. The number of pyridine rings is 2. The molecule has 6 nitrogen and oxygen atoms in total. The van der Waals surface area contributed by atoms with E-state index in [4.69, 9.17) is 26.8 Å². The van der Waals surface area contributed by atoms with Crippen LogP contribution in [0.3, 0.4) is 0 Å². The highest BCUT2D eigenvalue weighted by Gasteiger charge is 2.31. The van der Waals surface area contributed by atoms with Crippen molar-refractivity contribution in [1.82, 2.24) is 9.97 Å². The number of nitrogens with two attached hydrogens (primary N) is 1. The third-order valence-corrected chi connectivity index (χ3v) is 4.80. The molecule has 0 aliphatic heterocycles. The fourth-order valence-corrected chi connectivity index (χ4v) is 3.73. The summed E-state index contributed by atoms with van der Waals surface area (Å²) in [6.07, 6.45) is 2.92. The molecule has 0 radical (unpaired) electrons. The number of carbonyl (C=O) groups is 1. The minimum absolute atomic E-state index is 0.0532. The molecule has 0 bridgehead atoms. The van der Waals surface area contributed by atoms with Gasteiger partial charge in [0, 0.05) is 29.4 Å². The van der Waals surface area contributed by atoms with Gasteiger partial charge in [-0.25, -0.2) is 14.2 Å². The molecule has 2 N–H and O–H groups in total. The fraction of sp³-hybridized carbons (Fsp3) is 0.318. The topological polar surface area (TPSA) is 87.3 Å². The number of primary amides is 1. The lowest BCUT2D eigenvalue weighted by atomic mass is 9.95. The van der Waals surface area contributed by atoms with Crippen LogP contribution >= 0.6 is 11.6 Å². The van der Waals surface area contributed by atoms with Crippen molar-refractivity contribution in [2.45, 2.75) is 32.8 Å². The van der Waals surface area contributed by atoms with Crippen LogP contribution in [0.25, 0.3) is 22.0 Å². The van der Waals surface area contributed by atoms with E-state index in [-0.39, 0.29) is 24.2 Å². The molecule has 3 rings (SSSR count). The molecule has 30 heavy (non-hydrogen) atoms. The normalized spacial score (nSPS) is 13.3. The summed E-state index contributed by atoms with van der Waals surface area (Å²) in [5.74, 6) is 0.121. The number of rotatable bonds is 7. The van der Waals surface area contributed by atoms with Gasteiger partial charge in [-0.1, -0.05) is 25.4 Å². The Hall–Kier alpha value is -2.93. The lowest BCUT2D eigenvalue weighted by molar-refractivity contribution is -0.0196. The van der Waals surface area contributed by atoms with Crippen molar-refractivity contribution in [3.63, 3.8) is 0 Å². The maximum absolute atomic E-state index is 13.5. The Balaban J connectivity index is 1.85. The van der Waals surface area contributed by atoms with Gasteiger partial charge in [-0.05, 0) is 49.1 Å². The lowest BCUT2D eigenvalue weighted by Gasteiger charge is -2.30. The summed E-state index contributed by atoms with van der Waals surface area (Å²) < 4.78 is 24.5. The van der Waals surface area contributed by atoms with Gasteiger partial charge in [0.15, 0.2) is 0 Å². The third kappa shape index (κ3) is 5.16. The van der Waals surface area contributed by atoms with E-state index >= 15 is 0 Å². The van der Waals surface area contributed by atoms with Gasteiger partial charge in [-0.3, -0.25) is 4.98 Å². The molecular weight excluding hydrogens is 409 g/mol. The summed E-state index contributed by atoms with van der Waals surface area (Å²) in [4.78, 5) is 19.8. The summed E-state index contributed by atoms with van der Waals surface area (Å²) in [6, 6.07) is 7.96. The van der Waals surface area contributed by atoms with Crippen LogP contribution in [0.15, 0.2) is 42.7 Å². The molecule has 0 saturated heterocycles. The molecule has 1 unspecified atom stereocenters. The zero-order chi connectivity index (χ0) is 21.9. The maximum Gasteiger partial charge on any atom is 0.405 e. The summed E-state index contributed by atoms with van der Waals surface area (Å²) >= 11 is 6.40. The molecule has 1 amide bonds. The number of halogens is 2. The molecule has 2 aromatic heterocycles. The fourth-order valence-electron chi connectivity index (χ4n) is 3.51. The number of carbonyl (C=O) groups excluding carboxylic acids is 1. The van der Waals surface area contributed by atoms with E-state index in [1.165, 1.54) is 12.1 Å². The van der Waals surface area contributed by atoms with Gasteiger partial charge >= 0.3 is 6.09 Å². The second-order valence-electron chi connectivity index (χ2n) is 7.79. The highest BCUT2D eigenvalue weighted by atomic mass is 35.5. The smallest absolute Gasteiger partial charge is 0.405 e. The minimum atomic E-state index is -0.908. The number of amides is 1. The highest BCUT2D eigenvalue weighted by molar-refractivity contribution is 6.32. The Bertz CT molecular complexity index is 1080. The van der Waals surface area contributed by atoms with Gasteiger partial charge in [-0.15, -0.1) is 0 Å². The predicted molar refractivity (Wildman–Crippen MR) is 114 cm³/mol. The van der Waals surface area contributed by atoms with Crippen LogP contribution in [0, 0.1) is 11.7 Å². The zero-order valence-corrected chi connectivity index (χ0v) is 17.7. The van der Waals surface area contributed by atoms with Crippen LogP contribution in [-0.4, -0.2) is 28.3 Å². The second kappa shape index (κ2) is 8.83. The Morgan fingerprint density at radius 1 is 1.27 bits per heavy atom. The van der Waals surface area contributed by atoms with Gasteiger partial charge in [0.25, 0.3) is 0 Å². The number of fused-ring (bicyclic) bond motifs is 1. The number of hydrogen-bond donors (Lipinski definition) is 1. The average Bonchev–Trinajstić information content (AvgIpc) is 2.65. The summed E-state index contributed by atoms with van der Waals surface area (Å²) in [6.45, 7) is 5.82. The Labute approximate surface area is 179 Å². The van der Waals surface area contributed by atoms with E-state index in [1.807, 2.05) is 19.9 Å². The first-order valence-corrected chi connectivity index (χ1v) is 9.86. The first kappa shape index (κ1) is 21.8. The van der Waals surface area contributed by atoms with Crippen molar-refractivity contribution in [2.24, 2.45) is 11.7 Å². The number of benzene rings is 1. The molecular formula is C22H23ClFN3O3. The molecule has 8 heteroatoms. The van der Waals surface area contributed by atoms with Crippen LogP contribution < -0.4 is 10.5 Å². The Morgan fingerprint density at radius 2 is 2.03 bits per heavy atom. The SMILES string of the molecule is CC(C)CC(C)(COc1ncc(-c2ccnc3cc(F)ccc23)cc1Cl)OC(N)=O. The monoisotopic (exact) mass is 431 g/mol. The maximum atomic E-state index is 13.5. The second-order valence-corrected chi connectivity index (χ2v) is 8.20. The molecule has 1 atom stereocenters. The van der Waals surface area contributed by atoms with Crippen molar-refractivity contribution in [3.05, 3.63) is 53.6 Å². The predicted octanol–water partition coefficient (Wildman–Crippen LogP) is 5.37. The van der Waals surface area contributed by atoms with Crippen LogP contribution in [0.4, 0.5) is 9.18 Å². The van der Waals surface area contributed by atoms with Gasteiger partial charge < -0.3 is 15.2 Å². The van der Waals surface area contributed by atoms with E-state index in [0.717, 1.165) is 16.5 Å². The molecule has 0 aliphatic carbocycles. The largest absolute Gasteiger partial charge is 0.472 e. The molecule has 0 spiro atoms. The van der Waals surface area contributed by atoms with Crippen LogP contribution in [-0.2, 0) is 4.74 Å². The van der Waals surface area contributed by atoms with Crippen molar-refractivity contribution in [3.8, 4) is 17.0 Å². The number of hydrogen-bond acceptors (Lipinski definition) is 5. The minimum Gasteiger partial charge on any atom is -0.472 e. The molecule has 0 fully saturated rings. The number of aromatic nitrogens is 2.